The number of unbranched alkanes of at least 4 members (excludes halogenated alkanes) is 4. The molecule has 0 bridgehead atoms. The Bertz CT molecular complexity index is 745. The van der Waals surface area contributed by atoms with Crippen LogP contribution in [0.15, 0.2) is 15.5 Å². The van der Waals surface area contributed by atoms with Gasteiger partial charge in [-0.05, 0) is 19.3 Å². The SMILES string of the molecule is CCCCCSc1nc(NC)nc(NCCCSc2nc(NC)nc(SCCCCC)n2)n1. The average molecular weight is 512 g/mol. The molecular formula is C21H37N9S3. The fourth-order valence-electron chi connectivity index (χ4n) is 2.66. The summed E-state index contributed by atoms with van der Waals surface area (Å²) in [6, 6.07) is 0. The van der Waals surface area contributed by atoms with E-state index in [9.17, 15) is 0 Å². The Hall–Kier alpha value is -1.53. The van der Waals surface area contributed by atoms with Crippen molar-refractivity contribution in [2.75, 3.05) is 53.8 Å². The minimum absolute atomic E-state index is 0.591. The second-order valence-corrected chi connectivity index (χ2v) is 10.4. The number of rotatable bonds is 18. The molecule has 0 amide bonds. The van der Waals surface area contributed by atoms with Gasteiger partial charge < -0.3 is 16.0 Å². The summed E-state index contributed by atoms with van der Waals surface area (Å²) in [5.41, 5.74) is 0. The summed E-state index contributed by atoms with van der Waals surface area (Å²) < 4.78 is 0. The van der Waals surface area contributed by atoms with E-state index < -0.39 is 0 Å². The molecule has 0 saturated carbocycles. The molecule has 0 atom stereocenters. The van der Waals surface area contributed by atoms with Gasteiger partial charge in [0.15, 0.2) is 15.5 Å². The Morgan fingerprint density at radius 2 is 1.00 bits per heavy atom. The van der Waals surface area contributed by atoms with Crippen molar-refractivity contribution in [3.8, 4) is 0 Å². The Morgan fingerprint density at radius 3 is 1.52 bits per heavy atom. The zero-order valence-electron chi connectivity index (χ0n) is 20.2. The minimum Gasteiger partial charge on any atom is -0.357 e. The maximum atomic E-state index is 4.61. The molecule has 2 rings (SSSR count). The highest BCUT2D eigenvalue weighted by atomic mass is 32.2. The molecule has 3 N–H and O–H groups in total. The van der Waals surface area contributed by atoms with Crippen molar-refractivity contribution in [1.29, 1.82) is 0 Å². The summed E-state index contributed by atoms with van der Waals surface area (Å²) in [7, 11) is 3.66. The Kier molecular flexibility index (Phi) is 14.3. The van der Waals surface area contributed by atoms with Crippen LogP contribution in [0.25, 0.3) is 0 Å². The van der Waals surface area contributed by atoms with Gasteiger partial charge in [-0.1, -0.05) is 74.8 Å². The van der Waals surface area contributed by atoms with Crippen molar-refractivity contribution in [1.82, 2.24) is 29.9 Å². The fourth-order valence-corrected chi connectivity index (χ4v) is 5.15. The van der Waals surface area contributed by atoms with E-state index in [2.05, 4.69) is 59.7 Å². The molecule has 0 aromatic carbocycles. The highest BCUT2D eigenvalue weighted by Gasteiger charge is 2.08. The van der Waals surface area contributed by atoms with E-state index in [1.807, 2.05) is 14.1 Å². The molecule has 2 aromatic rings. The van der Waals surface area contributed by atoms with E-state index in [4.69, 9.17) is 0 Å². The third-order valence-electron chi connectivity index (χ3n) is 4.45. The largest absolute Gasteiger partial charge is 0.357 e. The van der Waals surface area contributed by atoms with Gasteiger partial charge in [-0.25, -0.2) is 0 Å². The molecule has 9 nitrogen and oxygen atoms in total. The summed E-state index contributed by atoms with van der Waals surface area (Å²) in [5, 5.41) is 11.7. The summed E-state index contributed by atoms with van der Waals surface area (Å²) >= 11 is 5.03. The smallest absolute Gasteiger partial charge is 0.228 e. The molecule has 0 spiro atoms. The first-order chi connectivity index (χ1) is 16.2. The molecule has 0 aliphatic heterocycles. The lowest BCUT2D eigenvalue weighted by Crippen LogP contribution is -2.10. The van der Waals surface area contributed by atoms with Crippen LogP contribution < -0.4 is 16.0 Å². The van der Waals surface area contributed by atoms with E-state index in [0.29, 0.717) is 17.8 Å². The van der Waals surface area contributed by atoms with Crippen LogP contribution in [0.1, 0.15) is 58.8 Å². The first-order valence-electron chi connectivity index (χ1n) is 11.7. The Labute approximate surface area is 210 Å². The van der Waals surface area contributed by atoms with E-state index in [-0.39, 0.29) is 0 Å². The van der Waals surface area contributed by atoms with Crippen LogP contribution in [0.5, 0.6) is 0 Å². The summed E-state index contributed by atoms with van der Waals surface area (Å²) in [5.74, 6) is 4.78. The van der Waals surface area contributed by atoms with Crippen LogP contribution in [0, 0.1) is 0 Å². The second kappa shape index (κ2) is 17.0. The molecule has 2 heterocycles. The van der Waals surface area contributed by atoms with Crippen molar-refractivity contribution in [2.24, 2.45) is 0 Å². The quantitative estimate of drug-likeness (QED) is 0.178. The Balaban J connectivity index is 1.80. The second-order valence-electron chi connectivity index (χ2n) is 7.23. The monoisotopic (exact) mass is 511 g/mol. The molecule has 0 saturated heterocycles. The molecule has 0 unspecified atom stereocenters. The maximum Gasteiger partial charge on any atom is 0.228 e. The normalized spacial score (nSPS) is 10.9. The van der Waals surface area contributed by atoms with Crippen molar-refractivity contribution in [3.05, 3.63) is 0 Å². The average Bonchev–Trinajstić information content (AvgIpc) is 2.84. The van der Waals surface area contributed by atoms with Gasteiger partial charge in [0.1, 0.15) is 0 Å². The van der Waals surface area contributed by atoms with Gasteiger partial charge >= 0.3 is 0 Å². The first-order valence-corrected chi connectivity index (χ1v) is 14.6. The predicted molar refractivity (Wildman–Crippen MR) is 143 cm³/mol. The molecule has 33 heavy (non-hydrogen) atoms. The number of aromatic nitrogens is 6. The maximum absolute atomic E-state index is 4.61. The number of nitrogens with zero attached hydrogens (tertiary/aromatic N) is 6. The summed E-state index contributed by atoms with van der Waals surface area (Å²) in [6.07, 6.45) is 8.19. The zero-order valence-corrected chi connectivity index (χ0v) is 22.6. The lowest BCUT2D eigenvalue weighted by molar-refractivity contribution is 0.771. The van der Waals surface area contributed by atoms with Gasteiger partial charge in [-0.15, -0.1) is 0 Å². The standard InChI is InChI=1S/C21H37N9S3/c1-5-7-9-13-31-19-26-16(22-3)25-18(29-19)24-12-11-15-33-21-28-17(23-4)27-20(30-21)32-14-10-8-6-2/h5-15H2,1-4H3,(H,23,27,28,30)(H2,22,24,25,26,29). The van der Waals surface area contributed by atoms with Crippen molar-refractivity contribution >= 4 is 53.1 Å². The van der Waals surface area contributed by atoms with Crippen LogP contribution in [0.4, 0.5) is 17.8 Å². The topological polar surface area (TPSA) is 113 Å². The molecular weight excluding hydrogens is 474 g/mol. The number of thioether (sulfide) groups is 3. The van der Waals surface area contributed by atoms with Gasteiger partial charge in [0.25, 0.3) is 0 Å². The van der Waals surface area contributed by atoms with Crippen molar-refractivity contribution < 1.29 is 0 Å². The number of anilines is 3. The molecule has 0 aliphatic rings. The summed E-state index contributed by atoms with van der Waals surface area (Å²) in [4.78, 5) is 27.0. The Morgan fingerprint density at radius 1 is 0.545 bits per heavy atom. The van der Waals surface area contributed by atoms with E-state index in [0.717, 1.165) is 45.7 Å². The molecule has 0 radical (unpaired) electrons. The third kappa shape index (κ3) is 11.4. The van der Waals surface area contributed by atoms with Crippen LogP contribution in [0.2, 0.25) is 0 Å². The van der Waals surface area contributed by atoms with Gasteiger partial charge in [-0.2, -0.15) is 29.9 Å². The van der Waals surface area contributed by atoms with Gasteiger partial charge in [0.2, 0.25) is 17.8 Å². The lowest BCUT2D eigenvalue weighted by Gasteiger charge is -2.09. The van der Waals surface area contributed by atoms with Crippen LogP contribution in [-0.4, -0.2) is 67.8 Å². The van der Waals surface area contributed by atoms with Gasteiger partial charge in [-0.3, -0.25) is 0 Å². The molecule has 0 aliphatic carbocycles. The number of nitrogens with one attached hydrogen (secondary N) is 3. The number of hydrogen-bond donors (Lipinski definition) is 3. The number of hydrogen-bond acceptors (Lipinski definition) is 12. The molecule has 184 valence electrons. The molecule has 0 fully saturated rings. The highest BCUT2D eigenvalue weighted by molar-refractivity contribution is 7.99. The minimum atomic E-state index is 0.591. The molecule has 12 heteroatoms. The fraction of sp³-hybridized carbons (Fsp3) is 0.714. The van der Waals surface area contributed by atoms with Crippen LogP contribution in [-0.2, 0) is 0 Å². The summed E-state index contributed by atoms with van der Waals surface area (Å²) in [6.45, 7) is 5.19. The zero-order chi connectivity index (χ0) is 23.7. The predicted octanol–water partition coefficient (Wildman–Crippen LogP) is 5.30. The van der Waals surface area contributed by atoms with Crippen LogP contribution >= 0.6 is 35.3 Å². The van der Waals surface area contributed by atoms with Crippen LogP contribution in [0.3, 0.4) is 0 Å². The van der Waals surface area contributed by atoms with Gasteiger partial charge in [0, 0.05) is 37.9 Å². The van der Waals surface area contributed by atoms with E-state index >= 15 is 0 Å². The lowest BCUT2D eigenvalue weighted by atomic mass is 10.3. The van der Waals surface area contributed by atoms with E-state index in [1.165, 1.54) is 38.5 Å². The third-order valence-corrected chi connectivity index (χ3v) is 7.25. The van der Waals surface area contributed by atoms with Gasteiger partial charge in [0.05, 0.1) is 0 Å². The van der Waals surface area contributed by atoms with E-state index in [1.54, 1.807) is 35.3 Å². The van der Waals surface area contributed by atoms with Crippen molar-refractivity contribution in [2.45, 2.75) is 74.3 Å². The highest BCUT2D eigenvalue weighted by Crippen LogP contribution is 2.22. The molecule has 2 aromatic heterocycles. The van der Waals surface area contributed by atoms with Crippen molar-refractivity contribution in [3.63, 3.8) is 0 Å². The first kappa shape index (κ1) is 27.7.